The number of hydrogen-bond donors (Lipinski definition) is 1. The van der Waals surface area contributed by atoms with Crippen LogP contribution in [0, 0.1) is 11.8 Å². The number of rotatable bonds is 9. The predicted molar refractivity (Wildman–Crippen MR) is 121 cm³/mol. The molecule has 6 nitrogen and oxygen atoms in total. The lowest BCUT2D eigenvalue weighted by molar-refractivity contribution is -0.154. The van der Waals surface area contributed by atoms with E-state index in [9.17, 15) is 9.59 Å². The van der Waals surface area contributed by atoms with E-state index >= 15 is 0 Å². The molecule has 0 aromatic heterocycles. The molecule has 0 unspecified atom stereocenters. The SMILES string of the molecule is CC(C)c1cccc([C@H](C)C2CC2)c1OCOC(=O)[C@H](NC(=O)OC(C)(C)C)C(C)C. The highest BCUT2D eigenvalue weighted by atomic mass is 16.7. The Bertz CT molecular complexity index is 762. The molecule has 0 bridgehead atoms. The van der Waals surface area contributed by atoms with E-state index in [2.05, 4.69) is 44.3 Å². The Balaban J connectivity index is 2.05. The predicted octanol–water partition coefficient (Wildman–Crippen LogP) is 5.75. The molecule has 174 valence electrons. The first kappa shape index (κ1) is 25.0. The van der Waals surface area contributed by atoms with Crippen LogP contribution in [0.25, 0.3) is 0 Å². The fourth-order valence-corrected chi connectivity index (χ4v) is 3.57. The molecule has 0 heterocycles. The van der Waals surface area contributed by atoms with Gasteiger partial charge in [0.15, 0.2) is 0 Å². The molecule has 1 saturated carbocycles. The van der Waals surface area contributed by atoms with Crippen LogP contribution in [0.4, 0.5) is 4.79 Å². The average Bonchev–Trinajstić information content (AvgIpc) is 3.48. The van der Waals surface area contributed by atoms with Crippen molar-refractivity contribution >= 4 is 12.1 Å². The van der Waals surface area contributed by atoms with E-state index in [0.717, 1.165) is 16.9 Å². The van der Waals surface area contributed by atoms with Gasteiger partial charge in [0, 0.05) is 0 Å². The standard InChI is InChI=1S/C25H39NO5/c1-15(2)19-10-9-11-20(17(5)18-12-13-18)22(19)29-14-30-23(27)21(16(3)4)26-24(28)31-25(6,7)8/h9-11,15-18,21H,12-14H2,1-8H3,(H,26,28)/t17-,21-/m1/s1. The van der Waals surface area contributed by atoms with Gasteiger partial charge < -0.3 is 19.5 Å². The molecule has 1 fully saturated rings. The fourth-order valence-electron chi connectivity index (χ4n) is 3.57. The van der Waals surface area contributed by atoms with Crippen molar-refractivity contribution in [1.82, 2.24) is 5.32 Å². The maximum absolute atomic E-state index is 12.7. The van der Waals surface area contributed by atoms with Crippen LogP contribution < -0.4 is 10.1 Å². The summed E-state index contributed by atoms with van der Waals surface area (Å²) in [6, 6.07) is 5.42. The third-order valence-corrected chi connectivity index (χ3v) is 5.51. The quantitative estimate of drug-likeness (QED) is 0.396. The van der Waals surface area contributed by atoms with Crippen molar-refractivity contribution in [1.29, 1.82) is 0 Å². The van der Waals surface area contributed by atoms with E-state index in [1.54, 1.807) is 20.8 Å². The number of amides is 1. The van der Waals surface area contributed by atoms with Gasteiger partial charge in [-0.05, 0) is 68.4 Å². The van der Waals surface area contributed by atoms with E-state index in [1.165, 1.54) is 12.8 Å². The smallest absolute Gasteiger partial charge is 0.408 e. The topological polar surface area (TPSA) is 73.9 Å². The van der Waals surface area contributed by atoms with Crippen molar-refractivity contribution in [2.45, 2.75) is 91.7 Å². The van der Waals surface area contributed by atoms with Gasteiger partial charge in [-0.25, -0.2) is 9.59 Å². The van der Waals surface area contributed by atoms with Crippen LogP contribution in [0.3, 0.4) is 0 Å². The Labute approximate surface area is 187 Å². The molecular formula is C25H39NO5. The summed E-state index contributed by atoms with van der Waals surface area (Å²) in [5.74, 6) is 1.49. The Kier molecular flexibility index (Phi) is 8.38. The van der Waals surface area contributed by atoms with E-state index in [4.69, 9.17) is 14.2 Å². The minimum Gasteiger partial charge on any atom is -0.457 e. The normalized spacial score (nSPS) is 16.1. The lowest BCUT2D eigenvalue weighted by atomic mass is 9.90. The first-order valence-electron chi connectivity index (χ1n) is 11.3. The summed E-state index contributed by atoms with van der Waals surface area (Å²) in [6.07, 6.45) is 1.84. The molecule has 0 spiro atoms. The number of hydrogen-bond acceptors (Lipinski definition) is 5. The van der Waals surface area contributed by atoms with Gasteiger partial charge in [-0.3, -0.25) is 0 Å². The molecule has 1 aliphatic rings. The van der Waals surface area contributed by atoms with Gasteiger partial charge in [-0.2, -0.15) is 0 Å². The van der Waals surface area contributed by atoms with E-state index in [1.807, 2.05) is 13.8 Å². The second-order valence-corrected chi connectivity index (χ2v) is 10.1. The lowest BCUT2D eigenvalue weighted by Crippen LogP contribution is -2.47. The zero-order chi connectivity index (χ0) is 23.3. The molecule has 31 heavy (non-hydrogen) atoms. The molecule has 2 atom stereocenters. The number of benzene rings is 1. The van der Waals surface area contributed by atoms with Gasteiger partial charge >= 0.3 is 12.1 Å². The highest BCUT2D eigenvalue weighted by molar-refractivity contribution is 5.81. The van der Waals surface area contributed by atoms with Crippen molar-refractivity contribution in [2.75, 3.05) is 6.79 Å². The number of alkyl carbamates (subject to hydrolysis) is 1. The molecule has 1 amide bonds. The van der Waals surface area contributed by atoms with Crippen LogP contribution in [-0.2, 0) is 14.3 Å². The molecule has 2 rings (SSSR count). The Morgan fingerprint density at radius 3 is 2.19 bits per heavy atom. The lowest BCUT2D eigenvalue weighted by Gasteiger charge is -2.25. The van der Waals surface area contributed by atoms with Crippen molar-refractivity contribution < 1.29 is 23.8 Å². The van der Waals surface area contributed by atoms with Crippen LogP contribution >= 0.6 is 0 Å². The number of para-hydroxylation sites is 1. The molecule has 0 aliphatic heterocycles. The van der Waals surface area contributed by atoms with Gasteiger partial charge in [0.1, 0.15) is 17.4 Å². The fraction of sp³-hybridized carbons (Fsp3) is 0.680. The number of esters is 1. The summed E-state index contributed by atoms with van der Waals surface area (Å²) in [4.78, 5) is 24.8. The van der Waals surface area contributed by atoms with Gasteiger partial charge in [-0.15, -0.1) is 0 Å². The third kappa shape index (κ3) is 7.44. The van der Waals surface area contributed by atoms with E-state index in [0.29, 0.717) is 11.8 Å². The van der Waals surface area contributed by atoms with Crippen molar-refractivity contribution in [3.8, 4) is 5.75 Å². The molecular weight excluding hydrogens is 394 g/mol. The van der Waals surface area contributed by atoms with E-state index < -0.39 is 23.7 Å². The first-order valence-corrected chi connectivity index (χ1v) is 11.3. The molecule has 0 saturated heterocycles. The Hall–Kier alpha value is -2.24. The van der Waals surface area contributed by atoms with Crippen molar-refractivity contribution in [3.63, 3.8) is 0 Å². The molecule has 1 N–H and O–H groups in total. The van der Waals surface area contributed by atoms with E-state index in [-0.39, 0.29) is 18.6 Å². The van der Waals surface area contributed by atoms with Crippen molar-refractivity contribution in [2.24, 2.45) is 11.8 Å². The van der Waals surface area contributed by atoms with Crippen LogP contribution in [0.15, 0.2) is 18.2 Å². The number of carbonyl (C=O) groups is 2. The monoisotopic (exact) mass is 433 g/mol. The molecule has 1 aromatic carbocycles. The maximum atomic E-state index is 12.7. The van der Waals surface area contributed by atoms with Crippen LogP contribution in [0.5, 0.6) is 5.75 Å². The second kappa shape index (κ2) is 10.4. The van der Waals surface area contributed by atoms with Crippen molar-refractivity contribution in [3.05, 3.63) is 29.3 Å². The van der Waals surface area contributed by atoms with Gasteiger partial charge in [-0.1, -0.05) is 52.8 Å². The van der Waals surface area contributed by atoms with Crippen LogP contribution in [-0.4, -0.2) is 30.5 Å². The highest BCUT2D eigenvalue weighted by Gasteiger charge is 2.32. The minimum atomic E-state index is -0.816. The zero-order valence-electron chi connectivity index (χ0n) is 20.3. The molecule has 1 aromatic rings. The molecule has 0 radical (unpaired) electrons. The maximum Gasteiger partial charge on any atom is 0.408 e. The third-order valence-electron chi connectivity index (χ3n) is 5.51. The number of carbonyl (C=O) groups excluding carboxylic acids is 2. The summed E-state index contributed by atoms with van der Waals surface area (Å²) in [6.45, 7) is 15.3. The van der Waals surface area contributed by atoms with Gasteiger partial charge in [0.25, 0.3) is 0 Å². The summed E-state index contributed by atoms with van der Waals surface area (Å²) < 4.78 is 16.7. The summed E-state index contributed by atoms with van der Waals surface area (Å²) >= 11 is 0. The Morgan fingerprint density at radius 2 is 1.68 bits per heavy atom. The molecule has 1 aliphatic carbocycles. The highest BCUT2D eigenvalue weighted by Crippen LogP contribution is 2.46. The minimum absolute atomic E-state index is 0.159. The summed E-state index contributed by atoms with van der Waals surface area (Å²) in [5, 5.41) is 2.61. The average molecular weight is 434 g/mol. The number of ether oxygens (including phenoxy) is 3. The van der Waals surface area contributed by atoms with Crippen LogP contribution in [0.2, 0.25) is 0 Å². The number of nitrogens with one attached hydrogen (secondary N) is 1. The van der Waals surface area contributed by atoms with Gasteiger partial charge in [0.05, 0.1) is 0 Å². The zero-order valence-corrected chi connectivity index (χ0v) is 20.3. The molecule has 6 heteroatoms. The van der Waals surface area contributed by atoms with Crippen LogP contribution in [0.1, 0.15) is 91.2 Å². The Morgan fingerprint density at radius 1 is 1.06 bits per heavy atom. The largest absolute Gasteiger partial charge is 0.457 e. The second-order valence-electron chi connectivity index (χ2n) is 10.1. The first-order chi connectivity index (χ1) is 14.4. The summed E-state index contributed by atoms with van der Waals surface area (Å²) in [7, 11) is 0. The summed E-state index contributed by atoms with van der Waals surface area (Å²) in [5.41, 5.74) is 1.62. The van der Waals surface area contributed by atoms with Gasteiger partial charge in [0.2, 0.25) is 6.79 Å².